The Kier molecular flexibility index (Phi) is 5.39. The molecule has 0 aromatic heterocycles. The molecule has 1 aromatic rings. The largest absolute Gasteiger partial charge is 0.387 e. The zero-order valence-electron chi connectivity index (χ0n) is 14.2. The van der Waals surface area contributed by atoms with Gasteiger partial charge in [-0.25, -0.2) is 0 Å². The first-order valence-electron chi connectivity index (χ1n) is 7.57. The summed E-state index contributed by atoms with van der Waals surface area (Å²) in [6, 6.07) is 8.36. The van der Waals surface area contributed by atoms with Gasteiger partial charge >= 0.3 is 0 Å². The van der Waals surface area contributed by atoms with Crippen molar-refractivity contribution in [2.24, 2.45) is 0 Å². The zero-order chi connectivity index (χ0) is 15.6. The number of benzene rings is 1. The first-order valence-corrected chi connectivity index (χ1v) is 7.57. The lowest BCUT2D eigenvalue weighted by Crippen LogP contribution is -2.42. The Morgan fingerprint density at radius 1 is 1.05 bits per heavy atom. The van der Waals surface area contributed by atoms with Gasteiger partial charge in [0.25, 0.3) is 0 Å². The van der Waals surface area contributed by atoms with Crippen LogP contribution in [0.25, 0.3) is 0 Å². The Bertz CT molecular complexity index is 414. The van der Waals surface area contributed by atoms with E-state index in [1.807, 2.05) is 0 Å². The molecule has 2 nitrogen and oxygen atoms in total. The summed E-state index contributed by atoms with van der Waals surface area (Å²) in [5, 5.41) is 10.4. The lowest BCUT2D eigenvalue weighted by molar-refractivity contribution is 0.0686. The fourth-order valence-electron chi connectivity index (χ4n) is 2.09. The maximum absolute atomic E-state index is 10.4. The van der Waals surface area contributed by atoms with Gasteiger partial charge in [-0.1, -0.05) is 52.0 Å². The maximum Gasteiger partial charge on any atom is 0.0917 e. The van der Waals surface area contributed by atoms with Crippen LogP contribution >= 0.6 is 0 Å². The number of hydrogen-bond donors (Lipinski definition) is 1. The second-order valence-corrected chi connectivity index (χ2v) is 7.43. The number of hydrogen-bond acceptors (Lipinski definition) is 2. The molecule has 1 rings (SSSR count). The van der Waals surface area contributed by atoms with Crippen molar-refractivity contribution < 1.29 is 5.11 Å². The molecule has 0 aliphatic carbocycles. The summed E-state index contributed by atoms with van der Waals surface area (Å²) in [6.07, 6.45) is 0.638. The topological polar surface area (TPSA) is 23.5 Å². The predicted molar refractivity (Wildman–Crippen MR) is 87.1 cm³/mol. The standard InChI is InChI=1S/C18H31NO/c1-8-18(5,6)19(7)13-16(20)14-9-11-15(12-10-14)17(2,3)4/h9-12,16,20H,8,13H2,1-7H3. The van der Waals surface area contributed by atoms with Crippen LogP contribution in [0.4, 0.5) is 0 Å². The van der Waals surface area contributed by atoms with E-state index in [-0.39, 0.29) is 11.0 Å². The van der Waals surface area contributed by atoms with Crippen LogP contribution in [0.5, 0.6) is 0 Å². The zero-order valence-corrected chi connectivity index (χ0v) is 14.2. The van der Waals surface area contributed by atoms with E-state index in [0.29, 0.717) is 6.54 Å². The minimum absolute atomic E-state index is 0.117. The minimum Gasteiger partial charge on any atom is -0.387 e. The average molecular weight is 277 g/mol. The van der Waals surface area contributed by atoms with Gasteiger partial charge in [0, 0.05) is 12.1 Å². The number of aliphatic hydroxyl groups is 1. The molecule has 0 saturated carbocycles. The number of likely N-dealkylation sites (N-methyl/N-ethyl adjacent to an activating group) is 1. The molecule has 0 bridgehead atoms. The van der Waals surface area contributed by atoms with Gasteiger partial charge < -0.3 is 5.11 Å². The molecule has 0 amide bonds. The van der Waals surface area contributed by atoms with Crippen molar-refractivity contribution in [1.29, 1.82) is 0 Å². The van der Waals surface area contributed by atoms with Gasteiger partial charge in [-0.2, -0.15) is 0 Å². The lowest BCUT2D eigenvalue weighted by Gasteiger charge is -2.36. The van der Waals surface area contributed by atoms with Crippen molar-refractivity contribution in [2.45, 2.75) is 65.0 Å². The van der Waals surface area contributed by atoms with Crippen molar-refractivity contribution >= 4 is 0 Å². The van der Waals surface area contributed by atoms with Crippen molar-refractivity contribution in [2.75, 3.05) is 13.6 Å². The molecule has 0 aliphatic rings. The summed E-state index contributed by atoms with van der Waals surface area (Å²) in [7, 11) is 2.08. The average Bonchev–Trinajstić information content (AvgIpc) is 2.37. The third-order valence-corrected chi connectivity index (χ3v) is 4.51. The van der Waals surface area contributed by atoms with Gasteiger partial charge in [-0.3, -0.25) is 4.90 Å². The summed E-state index contributed by atoms with van der Waals surface area (Å²) in [5.74, 6) is 0. The molecule has 2 heteroatoms. The van der Waals surface area contributed by atoms with Crippen LogP contribution < -0.4 is 0 Å². The van der Waals surface area contributed by atoms with E-state index >= 15 is 0 Å². The van der Waals surface area contributed by atoms with Gasteiger partial charge in [0.15, 0.2) is 0 Å². The van der Waals surface area contributed by atoms with Crippen molar-refractivity contribution in [3.05, 3.63) is 35.4 Å². The summed E-state index contributed by atoms with van der Waals surface area (Å²) < 4.78 is 0. The monoisotopic (exact) mass is 277 g/mol. The van der Waals surface area contributed by atoms with Gasteiger partial charge in [0.1, 0.15) is 0 Å². The maximum atomic E-state index is 10.4. The molecular formula is C18H31NO. The van der Waals surface area contributed by atoms with E-state index in [9.17, 15) is 5.11 Å². The molecule has 1 unspecified atom stereocenters. The van der Waals surface area contributed by atoms with Gasteiger partial charge in [0.05, 0.1) is 6.10 Å². The molecule has 0 heterocycles. The summed E-state index contributed by atoms with van der Waals surface area (Å²) in [5.41, 5.74) is 2.57. The molecule has 0 saturated heterocycles. The molecule has 0 aliphatic heterocycles. The molecule has 1 aromatic carbocycles. The lowest BCUT2D eigenvalue weighted by atomic mass is 9.86. The number of nitrogens with zero attached hydrogens (tertiary/aromatic N) is 1. The van der Waals surface area contributed by atoms with Crippen LogP contribution in [0.2, 0.25) is 0 Å². The third kappa shape index (κ3) is 4.32. The van der Waals surface area contributed by atoms with E-state index in [2.05, 4.69) is 77.8 Å². The highest BCUT2D eigenvalue weighted by Crippen LogP contribution is 2.25. The predicted octanol–water partition coefficient (Wildman–Crippen LogP) is 4.14. The summed E-state index contributed by atoms with van der Waals surface area (Å²) >= 11 is 0. The SMILES string of the molecule is CCC(C)(C)N(C)CC(O)c1ccc(C(C)(C)C)cc1. The Morgan fingerprint density at radius 2 is 1.55 bits per heavy atom. The molecule has 0 spiro atoms. The van der Waals surface area contributed by atoms with Gasteiger partial charge in [-0.15, -0.1) is 0 Å². The van der Waals surface area contributed by atoms with Crippen molar-refractivity contribution in [1.82, 2.24) is 4.90 Å². The van der Waals surface area contributed by atoms with Crippen LogP contribution in [0.1, 0.15) is 65.2 Å². The van der Waals surface area contributed by atoms with E-state index < -0.39 is 6.10 Å². The van der Waals surface area contributed by atoms with Crippen molar-refractivity contribution in [3.63, 3.8) is 0 Å². The van der Waals surface area contributed by atoms with Crippen LogP contribution in [0.3, 0.4) is 0 Å². The molecular weight excluding hydrogens is 246 g/mol. The van der Waals surface area contributed by atoms with Crippen LogP contribution in [-0.4, -0.2) is 29.1 Å². The first-order chi connectivity index (χ1) is 9.08. The Hall–Kier alpha value is -0.860. The quantitative estimate of drug-likeness (QED) is 0.874. The van der Waals surface area contributed by atoms with E-state index in [4.69, 9.17) is 0 Å². The van der Waals surface area contributed by atoms with Crippen molar-refractivity contribution in [3.8, 4) is 0 Å². The molecule has 114 valence electrons. The summed E-state index contributed by atoms with van der Waals surface area (Å²) in [6.45, 7) is 13.9. The fraction of sp³-hybridized carbons (Fsp3) is 0.667. The van der Waals surface area contributed by atoms with Crippen LogP contribution in [-0.2, 0) is 5.41 Å². The fourth-order valence-corrected chi connectivity index (χ4v) is 2.09. The number of aliphatic hydroxyl groups excluding tert-OH is 1. The molecule has 1 atom stereocenters. The summed E-state index contributed by atoms with van der Waals surface area (Å²) in [4.78, 5) is 2.23. The molecule has 0 fully saturated rings. The van der Waals surface area contributed by atoms with E-state index in [0.717, 1.165) is 12.0 Å². The van der Waals surface area contributed by atoms with Gasteiger partial charge in [0.2, 0.25) is 0 Å². The molecule has 20 heavy (non-hydrogen) atoms. The number of β-amino-alcohol motifs (C(OH)–C–C–N with tert-alkyl or cyclic N) is 1. The minimum atomic E-state index is -0.431. The van der Waals surface area contributed by atoms with E-state index in [1.165, 1.54) is 5.56 Å². The Morgan fingerprint density at radius 3 is 1.95 bits per heavy atom. The normalized spacial score (nSPS) is 14.7. The van der Waals surface area contributed by atoms with Crippen LogP contribution in [0.15, 0.2) is 24.3 Å². The smallest absolute Gasteiger partial charge is 0.0917 e. The Labute approximate surface area is 124 Å². The Balaban J connectivity index is 2.76. The highest BCUT2D eigenvalue weighted by atomic mass is 16.3. The first kappa shape index (κ1) is 17.2. The van der Waals surface area contributed by atoms with E-state index in [1.54, 1.807) is 0 Å². The highest BCUT2D eigenvalue weighted by Gasteiger charge is 2.23. The second-order valence-electron chi connectivity index (χ2n) is 7.43. The highest BCUT2D eigenvalue weighted by molar-refractivity contribution is 5.28. The second kappa shape index (κ2) is 6.28. The van der Waals surface area contributed by atoms with Crippen LogP contribution in [0, 0.1) is 0 Å². The molecule has 0 radical (unpaired) electrons. The third-order valence-electron chi connectivity index (χ3n) is 4.51. The van der Waals surface area contributed by atoms with Gasteiger partial charge in [-0.05, 0) is 43.9 Å². The number of rotatable bonds is 5. The molecule has 1 N–H and O–H groups in total.